The fraction of sp³-hybridized carbons (Fsp3) is 0.500. The van der Waals surface area contributed by atoms with Crippen LogP contribution in [0.2, 0.25) is 10.0 Å². The zero-order valence-corrected chi connectivity index (χ0v) is 22.2. The topological polar surface area (TPSA) is 70.3 Å². The number of aromatic nitrogens is 4. The minimum atomic E-state index is -4.66. The van der Waals surface area contributed by atoms with Crippen molar-refractivity contribution in [2.45, 2.75) is 32.0 Å². The molecular formula is C26H27Cl2F3N6O. The van der Waals surface area contributed by atoms with Crippen LogP contribution in [-0.4, -0.2) is 75.3 Å². The number of nitrogens with zero attached hydrogens (tertiary/aromatic N) is 6. The quantitative estimate of drug-likeness (QED) is 0.432. The second kappa shape index (κ2) is 10.9. The van der Waals surface area contributed by atoms with Gasteiger partial charge in [0.2, 0.25) is 0 Å². The number of β-amino-alcohol motifs (C(OH)–C–C–N with tert-alkyl or cyclic N) is 1. The molecule has 7 nitrogen and oxygen atoms in total. The van der Waals surface area contributed by atoms with E-state index in [0.717, 1.165) is 32.6 Å². The second-order valence-corrected chi connectivity index (χ2v) is 10.7. The van der Waals surface area contributed by atoms with Gasteiger partial charge in [-0.05, 0) is 61.8 Å². The number of likely N-dealkylation sites (tertiary alicyclic amines) is 1. The lowest BCUT2D eigenvalue weighted by atomic mass is 9.80. The van der Waals surface area contributed by atoms with Crippen LogP contribution in [0.5, 0.6) is 0 Å². The Bertz CT molecular complexity index is 1380. The molecule has 202 valence electrons. The van der Waals surface area contributed by atoms with Gasteiger partial charge in [0.05, 0.1) is 18.8 Å². The van der Waals surface area contributed by atoms with Gasteiger partial charge in [-0.15, -0.1) is 0 Å². The van der Waals surface area contributed by atoms with Gasteiger partial charge in [0.25, 0.3) is 0 Å². The predicted octanol–water partition coefficient (Wildman–Crippen LogP) is 4.80. The summed E-state index contributed by atoms with van der Waals surface area (Å²) in [6.07, 6.45) is -0.799. The molecule has 2 atom stereocenters. The molecule has 0 radical (unpaired) electrons. The minimum Gasteiger partial charge on any atom is -0.395 e. The van der Waals surface area contributed by atoms with Crippen molar-refractivity contribution in [3.05, 3.63) is 45.7 Å². The van der Waals surface area contributed by atoms with E-state index in [1.54, 1.807) is 24.4 Å². The van der Waals surface area contributed by atoms with Crippen LogP contribution < -0.4 is 4.90 Å². The van der Waals surface area contributed by atoms with E-state index in [1.165, 1.54) is 17.0 Å². The Kier molecular flexibility index (Phi) is 7.74. The molecule has 0 amide bonds. The van der Waals surface area contributed by atoms with Crippen LogP contribution in [0.4, 0.5) is 19.0 Å². The van der Waals surface area contributed by atoms with E-state index >= 15 is 0 Å². The number of halogens is 5. The normalized spacial score (nSPS) is 19.8. The first-order chi connectivity index (χ1) is 18.1. The highest BCUT2D eigenvalue weighted by Gasteiger charge is 2.36. The molecule has 12 heteroatoms. The summed E-state index contributed by atoms with van der Waals surface area (Å²) in [5, 5.41) is 14.5. The van der Waals surface area contributed by atoms with E-state index in [2.05, 4.69) is 25.8 Å². The number of piperidine rings is 1. The summed E-state index contributed by atoms with van der Waals surface area (Å²) in [6, 6.07) is 4.59. The lowest BCUT2D eigenvalue weighted by Gasteiger charge is -2.47. The van der Waals surface area contributed by atoms with E-state index in [1.807, 2.05) is 6.92 Å². The standard InChI is InChI=1S/C26H27Cl2F3N6O/c1-16(20-5-4-19(27)11-21(20)28)37-25-24(22(34-37)6-7-26(29,30)31)32-12-23(33-25)36-14-18(15-36)17-3-2-8-35(13-17)9-10-38/h4-5,11-12,16-18,38H,2-3,8-10,13-15H2,1H3/t16-,17+/m1/s1. The largest absolute Gasteiger partial charge is 0.458 e. The van der Waals surface area contributed by atoms with Crippen LogP contribution in [-0.2, 0) is 0 Å². The Morgan fingerprint density at radius 1 is 1.18 bits per heavy atom. The second-order valence-electron chi connectivity index (χ2n) is 9.87. The number of aliphatic hydroxyl groups is 1. The highest BCUT2D eigenvalue weighted by atomic mass is 35.5. The molecule has 0 spiro atoms. The number of hydrogen-bond donors (Lipinski definition) is 1. The van der Waals surface area contributed by atoms with E-state index in [9.17, 15) is 18.3 Å². The number of benzene rings is 1. The smallest absolute Gasteiger partial charge is 0.395 e. The number of alkyl halides is 3. The first-order valence-corrected chi connectivity index (χ1v) is 13.3. The molecule has 4 heterocycles. The summed E-state index contributed by atoms with van der Waals surface area (Å²) in [7, 11) is 0. The Morgan fingerprint density at radius 2 is 1.97 bits per heavy atom. The third-order valence-electron chi connectivity index (χ3n) is 7.35. The molecule has 5 rings (SSSR count). The van der Waals surface area contributed by atoms with Gasteiger partial charge < -0.3 is 14.9 Å². The maximum absolute atomic E-state index is 12.8. The zero-order valence-electron chi connectivity index (χ0n) is 20.7. The molecule has 2 aliphatic rings. The Labute approximate surface area is 228 Å². The predicted molar refractivity (Wildman–Crippen MR) is 140 cm³/mol. The molecule has 1 N–H and O–H groups in total. The summed E-state index contributed by atoms with van der Waals surface area (Å²) in [4.78, 5) is 13.7. The highest BCUT2D eigenvalue weighted by Crippen LogP contribution is 2.35. The van der Waals surface area contributed by atoms with Crippen LogP contribution in [0, 0.1) is 23.7 Å². The first kappa shape index (κ1) is 27.0. The van der Waals surface area contributed by atoms with Crippen molar-refractivity contribution in [1.29, 1.82) is 0 Å². The molecule has 2 saturated heterocycles. The summed E-state index contributed by atoms with van der Waals surface area (Å²) in [5.41, 5.74) is 1.13. The van der Waals surface area contributed by atoms with Gasteiger partial charge in [-0.2, -0.15) is 18.3 Å². The number of aliphatic hydroxyl groups excluding tert-OH is 1. The van der Waals surface area contributed by atoms with Gasteiger partial charge >= 0.3 is 6.18 Å². The molecule has 3 aromatic rings. The van der Waals surface area contributed by atoms with E-state index in [4.69, 9.17) is 28.2 Å². The fourth-order valence-electron chi connectivity index (χ4n) is 5.33. The molecule has 0 aliphatic carbocycles. The molecule has 2 aliphatic heterocycles. The Hall–Kier alpha value is -2.58. The van der Waals surface area contributed by atoms with Crippen LogP contribution in [0.25, 0.3) is 11.2 Å². The van der Waals surface area contributed by atoms with Gasteiger partial charge in [-0.25, -0.2) is 14.6 Å². The third kappa shape index (κ3) is 5.71. The average molecular weight is 567 g/mol. The molecule has 1 aromatic carbocycles. The zero-order chi connectivity index (χ0) is 27.0. The highest BCUT2D eigenvalue weighted by molar-refractivity contribution is 6.35. The van der Waals surface area contributed by atoms with Gasteiger partial charge in [0.1, 0.15) is 11.3 Å². The maximum Gasteiger partial charge on any atom is 0.458 e. The SMILES string of the molecule is C[C@H](c1ccc(Cl)cc1Cl)n1nc(C#CC(F)(F)F)c2ncc(N3CC([C@H]4CCCN(CCO)C4)C3)nc21. The van der Waals surface area contributed by atoms with Gasteiger partial charge in [-0.1, -0.05) is 29.3 Å². The van der Waals surface area contributed by atoms with Gasteiger partial charge in [0.15, 0.2) is 11.3 Å². The van der Waals surface area contributed by atoms with Crippen molar-refractivity contribution < 1.29 is 18.3 Å². The molecule has 2 aromatic heterocycles. The average Bonchev–Trinajstić information content (AvgIpc) is 3.20. The van der Waals surface area contributed by atoms with Crippen molar-refractivity contribution in [2.24, 2.45) is 11.8 Å². The maximum atomic E-state index is 12.8. The summed E-state index contributed by atoms with van der Waals surface area (Å²) < 4.78 is 40.1. The fourth-order valence-corrected chi connectivity index (χ4v) is 5.89. The molecule has 0 unspecified atom stereocenters. The van der Waals surface area contributed by atoms with Crippen molar-refractivity contribution in [3.63, 3.8) is 0 Å². The van der Waals surface area contributed by atoms with Crippen molar-refractivity contribution >= 4 is 40.2 Å². The van der Waals surface area contributed by atoms with Crippen LogP contribution >= 0.6 is 23.2 Å². The summed E-state index contributed by atoms with van der Waals surface area (Å²) >= 11 is 12.5. The molecule has 2 fully saturated rings. The summed E-state index contributed by atoms with van der Waals surface area (Å²) in [5.74, 6) is 5.12. The Morgan fingerprint density at radius 3 is 2.68 bits per heavy atom. The van der Waals surface area contributed by atoms with Crippen molar-refractivity contribution in [1.82, 2.24) is 24.6 Å². The number of fused-ring (bicyclic) bond motifs is 1. The van der Waals surface area contributed by atoms with E-state index in [0.29, 0.717) is 45.5 Å². The van der Waals surface area contributed by atoms with E-state index < -0.39 is 12.2 Å². The van der Waals surface area contributed by atoms with Crippen molar-refractivity contribution in [3.8, 4) is 11.8 Å². The van der Waals surface area contributed by atoms with Gasteiger partial charge in [-0.3, -0.25) is 0 Å². The van der Waals surface area contributed by atoms with E-state index in [-0.39, 0.29) is 17.8 Å². The summed E-state index contributed by atoms with van der Waals surface area (Å²) in [6.45, 7) is 6.36. The molecule has 0 bridgehead atoms. The molecular weight excluding hydrogens is 540 g/mol. The molecule has 38 heavy (non-hydrogen) atoms. The van der Waals surface area contributed by atoms with Crippen molar-refractivity contribution in [2.75, 3.05) is 44.2 Å². The Balaban J connectivity index is 1.44. The monoisotopic (exact) mass is 566 g/mol. The van der Waals surface area contributed by atoms with Crippen LogP contribution in [0.15, 0.2) is 24.4 Å². The van der Waals surface area contributed by atoms with Gasteiger partial charge in [0, 0.05) is 42.1 Å². The van der Waals surface area contributed by atoms with Crippen LogP contribution in [0.1, 0.15) is 37.1 Å². The number of rotatable bonds is 6. The minimum absolute atomic E-state index is 0.0963. The number of hydrogen-bond acceptors (Lipinski definition) is 6. The van der Waals surface area contributed by atoms with Crippen LogP contribution in [0.3, 0.4) is 0 Å². The third-order valence-corrected chi connectivity index (χ3v) is 7.91. The molecule has 0 saturated carbocycles. The number of anilines is 1. The first-order valence-electron chi connectivity index (χ1n) is 12.5. The lowest BCUT2D eigenvalue weighted by molar-refractivity contribution is -0.0696. The lowest BCUT2D eigenvalue weighted by Crippen LogP contribution is -2.54.